The smallest absolute Gasteiger partial charge is 0.223 e. The molecule has 1 aliphatic rings. The lowest BCUT2D eigenvalue weighted by Gasteiger charge is -2.27. The van der Waals surface area contributed by atoms with Gasteiger partial charge in [0.15, 0.2) is 5.96 Å². The van der Waals surface area contributed by atoms with Gasteiger partial charge in [-0.15, -0.1) is 24.2 Å². The van der Waals surface area contributed by atoms with Crippen molar-refractivity contribution in [1.29, 1.82) is 0 Å². The Hall–Kier alpha value is -1.40. The van der Waals surface area contributed by atoms with Crippen molar-refractivity contribution in [2.24, 2.45) is 21.5 Å². The van der Waals surface area contributed by atoms with Crippen LogP contribution in [0.5, 0.6) is 0 Å². The molecule has 0 aliphatic carbocycles. The Kier molecular flexibility index (Phi) is 7.39. The van der Waals surface area contributed by atoms with E-state index in [9.17, 15) is 0 Å². The fourth-order valence-electron chi connectivity index (χ4n) is 2.13. The minimum Gasteiger partial charge on any atom is -0.369 e. The van der Waals surface area contributed by atoms with Gasteiger partial charge in [-0.25, -0.2) is 4.99 Å². The molecule has 0 radical (unpaired) electrons. The molecule has 0 unspecified atom stereocenters. The van der Waals surface area contributed by atoms with Crippen LogP contribution in [0, 0.1) is 0 Å². The van der Waals surface area contributed by atoms with Gasteiger partial charge >= 0.3 is 0 Å². The second-order valence-electron chi connectivity index (χ2n) is 4.69. The highest BCUT2D eigenvalue weighted by Crippen LogP contribution is 2.19. The number of nitrogens with two attached hydrogens (primary N) is 2. The monoisotopic (exact) mass is 327 g/mol. The summed E-state index contributed by atoms with van der Waals surface area (Å²) in [5.41, 5.74) is 12.6. The number of aliphatic imine (C=N–C) groups is 2. The number of hydrogen-bond acceptors (Lipinski definition) is 2. The Morgan fingerprint density at radius 3 is 2.29 bits per heavy atom. The van der Waals surface area contributed by atoms with E-state index in [0.717, 1.165) is 31.6 Å². The minimum absolute atomic E-state index is 0. The summed E-state index contributed by atoms with van der Waals surface area (Å²) < 4.78 is 0. The third-order valence-corrected chi connectivity index (χ3v) is 3.97. The maximum atomic E-state index is 5.96. The molecule has 116 valence electrons. The average Bonchev–Trinajstić information content (AvgIpc) is 2.49. The summed E-state index contributed by atoms with van der Waals surface area (Å²) >= 11 is 1.69. The molecule has 1 fully saturated rings. The molecule has 0 bridgehead atoms. The maximum Gasteiger partial charge on any atom is 0.223 e. The molecule has 0 aromatic heterocycles. The van der Waals surface area contributed by atoms with Gasteiger partial charge in [-0.2, -0.15) is 4.99 Å². The Morgan fingerprint density at radius 1 is 1.10 bits per heavy atom. The number of thioether (sulfide) groups is 1. The van der Waals surface area contributed by atoms with Crippen LogP contribution < -0.4 is 11.5 Å². The van der Waals surface area contributed by atoms with Crippen molar-refractivity contribution in [3.8, 4) is 0 Å². The summed E-state index contributed by atoms with van der Waals surface area (Å²) in [6.45, 7) is 1.90. The standard InChI is InChI=1S/C14H21N5S.ClH/c1-20-12-7-5-11(6-8-12)17-13(15)18-14(16)19-9-3-2-4-10-19;/h5-8H,2-4,9-10H2,1H3,(H4,15,16,17,18);1H. The van der Waals surface area contributed by atoms with Crippen LogP contribution in [0.15, 0.2) is 39.1 Å². The molecule has 2 rings (SSSR count). The number of benzene rings is 1. The van der Waals surface area contributed by atoms with Crippen molar-refractivity contribution in [1.82, 2.24) is 4.90 Å². The van der Waals surface area contributed by atoms with Gasteiger partial charge in [0.05, 0.1) is 5.69 Å². The topological polar surface area (TPSA) is 80.0 Å². The number of nitrogens with zero attached hydrogens (tertiary/aromatic N) is 3. The normalized spacial score (nSPS) is 16.5. The van der Waals surface area contributed by atoms with E-state index in [4.69, 9.17) is 11.5 Å². The second kappa shape index (κ2) is 8.79. The summed E-state index contributed by atoms with van der Waals surface area (Å²) in [7, 11) is 0. The number of hydrogen-bond donors (Lipinski definition) is 2. The Labute approximate surface area is 136 Å². The van der Waals surface area contributed by atoms with E-state index in [0.29, 0.717) is 5.96 Å². The number of likely N-dealkylation sites (tertiary alicyclic amines) is 1. The molecule has 0 saturated carbocycles. The van der Waals surface area contributed by atoms with Crippen molar-refractivity contribution in [2.75, 3.05) is 19.3 Å². The Balaban J connectivity index is 0.00000220. The van der Waals surface area contributed by atoms with Crippen molar-refractivity contribution in [2.45, 2.75) is 24.2 Å². The first kappa shape index (κ1) is 17.7. The van der Waals surface area contributed by atoms with E-state index in [-0.39, 0.29) is 18.4 Å². The average molecular weight is 328 g/mol. The van der Waals surface area contributed by atoms with E-state index in [2.05, 4.69) is 14.9 Å². The highest BCUT2D eigenvalue weighted by molar-refractivity contribution is 7.98. The van der Waals surface area contributed by atoms with Crippen LogP contribution in [-0.2, 0) is 0 Å². The van der Waals surface area contributed by atoms with E-state index in [1.807, 2.05) is 30.5 Å². The molecule has 1 aromatic carbocycles. The highest BCUT2D eigenvalue weighted by Gasteiger charge is 2.12. The largest absolute Gasteiger partial charge is 0.369 e. The first-order valence-electron chi connectivity index (χ1n) is 6.76. The lowest BCUT2D eigenvalue weighted by Crippen LogP contribution is -2.41. The van der Waals surface area contributed by atoms with Crippen LogP contribution >= 0.6 is 24.2 Å². The van der Waals surface area contributed by atoms with Gasteiger partial charge in [-0.3, -0.25) is 0 Å². The zero-order valence-corrected chi connectivity index (χ0v) is 13.8. The second-order valence-corrected chi connectivity index (χ2v) is 5.57. The molecule has 7 heteroatoms. The van der Waals surface area contributed by atoms with Crippen LogP contribution in [0.2, 0.25) is 0 Å². The van der Waals surface area contributed by atoms with E-state index < -0.39 is 0 Å². The van der Waals surface area contributed by atoms with Crippen LogP contribution in [0.3, 0.4) is 0 Å². The Morgan fingerprint density at radius 2 is 1.71 bits per heavy atom. The fourth-order valence-corrected chi connectivity index (χ4v) is 2.53. The molecule has 0 spiro atoms. The minimum atomic E-state index is 0. The van der Waals surface area contributed by atoms with Crippen LogP contribution in [0.4, 0.5) is 5.69 Å². The van der Waals surface area contributed by atoms with E-state index in [1.165, 1.54) is 11.3 Å². The van der Waals surface area contributed by atoms with Gasteiger partial charge in [-0.1, -0.05) is 0 Å². The fraction of sp³-hybridized carbons (Fsp3) is 0.429. The summed E-state index contributed by atoms with van der Waals surface area (Å²) in [4.78, 5) is 11.7. The first-order chi connectivity index (χ1) is 9.69. The number of rotatable bonds is 2. The lowest BCUT2D eigenvalue weighted by molar-refractivity contribution is 0.339. The van der Waals surface area contributed by atoms with Crippen LogP contribution in [0.25, 0.3) is 0 Å². The van der Waals surface area contributed by atoms with Crippen molar-refractivity contribution in [3.05, 3.63) is 24.3 Å². The summed E-state index contributed by atoms with van der Waals surface area (Å²) in [6.07, 6.45) is 5.61. The predicted molar refractivity (Wildman–Crippen MR) is 93.8 cm³/mol. The number of halogens is 1. The van der Waals surface area contributed by atoms with Gasteiger partial charge in [0.25, 0.3) is 0 Å². The molecule has 0 amide bonds. The molecule has 4 N–H and O–H groups in total. The van der Waals surface area contributed by atoms with Crippen molar-refractivity contribution >= 4 is 41.8 Å². The van der Waals surface area contributed by atoms with E-state index in [1.54, 1.807) is 11.8 Å². The van der Waals surface area contributed by atoms with Gasteiger partial charge in [-0.05, 0) is 49.8 Å². The Bertz CT molecular complexity index is 495. The summed E-state index contributed by atoms with van der Waals surface area (Å²) in [6, 6.07) is 7.86. The third kappa shape index (κ3) is 5.47. The third-order valence-electron chi connectivity index (χ3n) is 3.23. The maximum absolute atomic E-state index is 5.96. The van der Waals surface area contributed by atoms with Gasteiger partial charge < -0.3 is 16.4 Å². The summed E-state index contributed by atoms with van der Waals surface area (Å²) in [5.74, 6) is 0.664. The number of guanidine groups is 2. The molecule has 21 heavy (non-hydrogen) atoms. The molecule has 1 saturated heterocycles. The lowest BCUT2D eigenvalue weighted by atomic mass is 10.1. The van der Waals surface area contributed by atoms with Crippen molar-refractivity contribution < 1.29 is 0 Å². The van der Waals surface area contributed by atoms with Crippen LogP contribution in [0.1, 0.15) is 19.3 Å². The molecular weight excluding hydrogens is 306 g/mol. The van der Waals surface area contributed by atoms with Gasteiger partial charge in [0.1, 0.15) is 0 Å². The van der Waals surface area contributed by atoms with E-state index >= 15 is 0 Å². The summed E-state index contributed by atoms with van der Waals surface area (Å²) in [5, 5.41) is 0. The quantitative estimate of drug-likeness (QED) is 0.497. The first-order valence-corrected chi connectivity index (χ1v) is 7.99. The highest BCUT2D eigenvalue weighted by atomic mass is 35.5. The molecular formula is C14H22ClN5S. The SMILES string of the molecule is CSc1ccc(N=C(N)/N=C(/N)N2CCCCC2)cc1.Cl. The molecule has 1 heterocycles. The molecule has 1 aromatic rings. The zero-order chi connectivity index (χ0) is 14.4. The van der Waals surface area contributed by atoms with Crippen LogP contribution in [-0.4, -0.2) is 36.2 Å². The molecule has 5 nitrogen and oxygen atoms in total. The van der Waals surface area contributed by atoms with Gasteiger partial charge in [0.2, 0.25) is 5.96 Å². The number of piperidine rings is 1. The van der Waals surface area contributed by atoms with Crippen molar-refractivity contribution in [3.63, 3.8) is 0 Å². The molecule has 1 aliphatic heterocycles. The molecule has 0 atom stereocenters. The van der Waals surface area contributed by atoms with Gasteiger partial charge in [0, 0.05) is 18.0 Å². The zero-order valence-electron chi connectivity index (χ0n) is 12.2. The predicted octanol–water partition coefficient (Wildman–Crippen LogP) is 2.58.